The number of nitrogens with zero attached hydrogens (tertiary/aromatic N) is 2. The summed E-state index contributed by atoms with van der Waals surface area (Å²) in [5.74, 6) is 0.847. The molecule has 3 heteroatoms. The van der Waals surface area contributed by atoms with Crippen molar-refractivity contribution in [1.82, 2.24) is 4.90 Å². The van der Waals surface area contributed by atoms with Crippen LogP contribution in [0.3, 0.4) is 0 Å². The first-order chi connectivity index (χ1) is 5.72. The summed E-state index contributed by atoms with van der Waals surface area (Å²) < 4.78 is 0. The maximum Gasteiger partial charge on any atom is 0.106 e. The van der Waals surface area contributed by atoms with Gasteiger partial charge in [0.2, 0.25) is 0 Å². The Kier molecular flexibility index (Phi) is 3.51. The molecule has 0 aliphatic carbocycles. The van der Waals surface area contributed by atoms with Crippen molar-refractivity contribution in [1.29, 1.82) is 5.26 Å². The third-order valence-electron chi connectivity index (χ3n) is 2.50. The predicted octanol–water partition coefficient (Wildman–Crippen LogP) is 0.569. The van der Waals surface area contributed by atoms with Crippen molar-refractivity contribution >= 4 is 0 Å². The average molecular weight is 167 g/mol. The lowest BCUT2D eigenvalue weighted by atomic mass is 9.99. The summed E-state index contributed by atoms with van der Waals surface area (Å²) in [5.41, 5.74) is 5.54. The van der Waals surface area contributed by atoms with Gasteiger partial charge in [-0.3, -0.25) is 0 Å². The van der Waals surface area contributed by atoms with Gasteiger partial charge >= 0.3 is 0 Å². The number of nitriles is 1. The molecule has 0 amide bonds. The van der Waals surface area contributed by atoms with E-state index in [-0.39, 0.29) is 6.04 Å². The van der Waals surface area contributed by atoms with Crippen LogP contribution in [0, 0.1) is 17.2 Å². The molecule has 0 aromatic heterocycles. The van der Waals surface area contributed by atoms with Gasteiger partial charge < -0.3 is 10.6 Å². The molecule has 0 aromatic rings. The fraction of sp³-hybridized carbons (Fsp3) is 0.889. The molecular weight excluding hydrogens is 150 g/mol. The van der Waals surface area contributed by atoms with E-state index < -0.39 is 0 Å². The summed E-state index contributed by atoms with van der Waals surface area (Å²) in [5, 5.41) is 8.52. The number of hydrogen-bond acceptors (Lipinski definition) is 3. The highest BCUT2D eigenvalue weighted by Gasteiger charge is 2.16. The van der Waals surface area contributed by atoms with Gasteiger partial charge in [0.15, 0.2) is 0 Å². The number of rotatable bonds is 2. The number of nitrogens with two attached hydrogens (primary N) is 1. The summed E-state index contributed by atoms with van der Waals surface area (Å²) >= 11 is 0. The van der Waals surface area contributed by atoms with E-state index >= 15 is 0 Å². The summed E-state index contributed by atoms with van der Waals surface area (Å²) in [4.78, 5) is 2.29. The van der Waals surface area contributed by atoms with Crippen LogP contribution in [0.4, 0.5) is 0 Å². The lowest BCUT2D eigenvalue weighted by molar-refractivity contribution is 0.190. The first-order valence-corrected chi connectivity index (χ1v) is 4.60. The Hall–Kier alpha value is -0.590. The molecule has 0 spiro atoms. The highest BCUT2D eigenvalue weighted by molar-refractivity contribution is 4.89. The van der Waals surface area contributed by atoms with Crippen LogP contribution in [0.1, 0.15) is 19.8 Å². The minimum absolute atomic E-state index is 0.307. The van der Waals surface area contributed by atoms with Crippen LogP contribution in [0.15, 0.2) is 0 Å². The van der Waals surface area contributed by atoms with Gasteiger partial charge in [0.05, 0.1) is 6.07 Å². The van der Waals surface area contributed by atoms with E-state index in [1.54, 1.807) is 0 Å². The van der Waals surface area contributed by atoms with Gasteiger partial charge in [0, 0.05) is 6.54 Å². The Labute approximate surface area is 74.1 Å². The lowest BCUT2D eigenvalue weighted by Crippen LogP contribution is -2.40. The first-order valence-electron chi connectivity index (χ1n) is 4.60. The number of hydrogen-bond donors (Lipinski definition) is 1. The second-order valence-corrected chi connectivity index (χ2v) is 3.72. The van der Waals surface area contributed by atoms with E-state index in [1.807, 2.05) is 0 Å². The second kappa shape index (κ2) is 4.44. The van der Waals surface area contributed by atoms with Gasteiger partial charge in [-0.1, -0.05) is 6.92 Å². The van der Waals surface area contributed by atoms with E-state index in [0.29, 0.717) is 0 Å². The third-order valence-corrected chi connectivity index (χ3v) is 2.50. The summed E-state index contributed by atoms with van der Waals surface area (Å²) in [6.45, 7) is 5.23. The van der Waals surface area contributed by atoms with Crippen LogP contribution in [-0.2, 0) is 0 Å². The smallest absolute Gasteiger partial charge is 0.106 e. The quantitative estimate of drug-likeness (QED) is 0.654. The molecule has 3 nitrogen and oxygen atoms in total. The second-order valence-electron chi connectivity index (χ2n) is 3.72. The number of likely N-dealkylation sites (tertiary alicyclic amines) is 1. The van der Waals surface area contributed by atoms with Crippen molar-refractivity contribution < 1.29 is 0 Å². The fourth-order valence-electron chi connectivity index (χ4n) is 1.56. The first kappa shape index (κ1) is 9.50. The van der Waals surface area contributed by atoms with Crippen LogP contribution in [0.25, 0.3) is 0 Å². The van der Waals surface area contributed by atoms with E-state index in [1.165, 1.54) is 12.8 Å². The van der Waals surface area contributed by atoms with Crippen LogP contribution < -0.4 is 5.73 Å². The molecule has 12 heavy (non-hydrogen) atoms. The Morgan fingerprint density at radius 1 is 1.58 bits per heavy atom. The Morgan fingerprint density at radius 3 is 2.67 bits per heavy atom. The maximum absolute atomic E-state index is 8.52. The molecule has 1 atom stereocenters. The molecule has 1 heterocycles. The van der Waals surface area contributed by atoms with Crippen molar-refractivity contribution in [2.24, 2.45) is 11.7 Å². The summed E-state index contributed by atoms with van der Waals surface area (Å²) in [6.07, 6.45) is 2.50. The van der Waals surface area contributed by atoms with Gasteiger partial charge in [-0.05, 0) is 31.8 Å². The molecule has 2 N–H and O–H groups in total. The van der Waals surface area contributed by atoms with Gasteiger partial charge in [0.1, 0.15) is 6.04 Å². The normalized spacial score (nSPS) is 23.4. The zero-order valence-electron chi connectivity index (χ0n) is 7.66. The highest BCUT2D eigenvalue weighted by Crippen LogP contribution is 2.15. The van der Waals surface area contributed by atoms with E-state index in [9.17, 15) is 0 Å². The molecule has 0 bridgehead atoms. The molecule has 1 fully saturated rings. The Balaban J connectivity index is 2.22. The Morgan fingerprint density at radius 2 is 2.17 bits per heavy atom. The molecule has 68 valence electrons. The lowest BCUT2D eigenvalue weighted by Gasteiger charge is -2.30. The number of piperidine rings is 1. The third kappa shape index (κ3) is 2.80. The van der Waals surface area contributed by atoms with Crippen LogP contribution in [-0.4, -0.2) is 30.6 Å². The van der Waals surface area contributed by atoms with Crippen molar-refractivity contribution in [3.05, 3.63) is 0 Å². The van der Waals surface area contributed by atoms with Crippen molar-refractivity contribution in [3.8, 4) is 6.07 Å². The van der Waals surface area contributed by atoms with Gasteiger partial charge in [-0.25, -0.2) is 0 Å². The maximum atomic E-state index is 8.52. The van der Waals surface area contributed by atoms with Gasteiger partial charge in [-0.2, -0.15) is 5.26 Å². The van der Waals surface area contributed by atoms with Crippen LogP contribution in [0.2, 0.25) is 0 Å². The molecule has 0 radical (unpaired) electrons. The van der Waals surface area contributed by atoms with Gasteiger partial charge in [-0.15, -0.1) is 0 Å². The monoisotopic (exact) mass is 167 g/mol. The summed E-state index contributed by atoms with van der Waals surface area (Å²) in [6, 6.07) is 1.75. The highest BCUT2D eigenvalue weighted by atomic mass is 15.1. The van der Waals surface area contributed by atoms with E-state index in [2.05, 4.69) is 17.9 Å². The van der Waals surface area contributed by atoms with Crippen LogP contribution >= 0.6 is 0 Å². The molecular formula is C9H17N3. The molecule has 0 aromatic carbocycles. The van der Waals surface area contributed by atoms with Gasteiger partial charge in [0.25, 0.3) is 0 Å². The molecule has 1 aliphatic heterocycles. The zero-order valence-corrected chi connectivity index (χ0v) is 7.66. The average Bonchev–Trinajstić information content (AvgIpc) is 2.09. The SMILES string of the molecule is CC1CCN(CC(N)C#N)CC1. The van der Waals surface area contributed by atoms with Crippen molar-refractivity contribution in [3.63, 3.8) is 0 Å². The fourth-order valence-corrected chi connectivity index (χ4v) is 1.56. The topological polar surface area (TPSA) is 53.0 Å². The Bertz CT molecular complexity index is 165. The minimum Gasteiger partial charge on any atom is -0.315 e. The molecule has 0 saturated carbocycles. The van der Waals surface area contributed by atoms with Crippen molar-refractivity contribution in [2.75, 3.05) is 19.6 Å². The molecule has 1 saturated heterocycles. The van der Waals surface area contributed by atoms with E-state index in [4.69, 9.17) is 11.0 Å². The minimum atomic E-state index is -0.307. The largest absolute Gasteiger partial charge is 0.315 e. The van der Waals surface area contributed by atoms with E-state index in [0.717, 1.165) is 25.6 Å². The molecule has 1 unspecified atom stereocenters. The van der Waals surface area contributed by atoms with Crippen molar-refractivity contribution in [2.45, 2.75) is 25.8 Å². The predicted molar refractivity (Wildman–Crippen MR) is 48.4 cm³/mol. The molecule has 1 rings (SSSR count). The summed E-state index contributed by atoms with van der Waals surface area (Å²) in [7, 11) is 0. The standard InChI is InChI=1S/C9H17N3/c1-8-2-4-12(5-3-8)7-9(11)6-10/h8-9H,2-5,7,11H2,1H3. The van der Waals surface area contributed by atoms with Crippen LogP contribution in [0.5, 0.6) is 0 Å². The molecule has 1 aliphatic rings. The zero-order chi connectivity index (χ0) is 8.97.